The molecular formula is C49H57ClN4O10. The van der Waals surface area contributed by atoms with Crippen molar-refractivity contribution in [3.63, 3.8) is 0 Å². The number of nitrogens with one attached hydrogen (secondary N) is 4. The van der Waals surface area contributed by atoms with Crippen LogP contribution in [0, 0.1) is 13.8 Å². The molecule has 0 fully saturated rings. The van der Waals surface area contributed by atoms with Gasteiger partial charge in [0.2, 0.25) is 11.8 Å². The molecule has 4 amide bonds. The Morgan fingerprint density at radius 3 is 2.11 bits per heavy atom. The maximum atomic E-state index is 13.7. The molecule has 4 N–H and O–H groups in total. The molecule has 4 aromatic carbocycles. The highest BCUT2D eigenvalue weighted by atomic mass is 35.5. The Hall–Kier alpha value is -5.96. The Morgan fingerprint density at radius 2 is 1.41 bits per heavy atom. The lowest BCUT2D eigenvalue weighted by molar-refractivity contribution is -0.132. The average molecular weight is 897 g/mol. The molecule has 1 spiro atoms. The first-order valence-electron chi connectivity index (χ1n) is 21.6. The van der Waals surface area contributed by atoms with E-state index < -0.39 is 29.0 Å². The van der Waals surface area contributed by atoms with E-state index >= 15 is 0 Å². The smallest absolute Gasteiger partial charge is 0.340 e. The van der Waals surface area contributed by atoms with E-state index in [0.717, 1.165) is 42.4 Å². The first kappa shape index (κ1) is 47.5. The summed E-state index contributed by atoms with van der Waals surface area (Å²) < 4.78 is 29.4. The zero-order valence-corrected chi connectivity index (χ0v) is 37.8. The summed E-state index contributed by atoms with van der Waals surface area (Å²) in [6, 6.07) is 20.6. The third kappa shape index (κ3) is 11.6. The van der Waals surface area contributed by atoms with Crippen molar-refractivity contribution in [3.05, 3.63) is 112 Å². The maximum Gasteiger partial charge on any atom is 0.340 e. The van der Waals surface area contributed by atoms with Gasteiger partial charge in [0, 0.05) is 96.5 Å². The molecular weight excluding hydrogens is 840 g/mol. The Bertz CT molecular complexity index is 2370. The van der Waals surface area contributed by atoms with Gasteiger partial charge in [-0.3, -0.25) is 14.4 Å². The molecule has 0 aromatic heterocycles. The van der Waals surface area contributed by atoms with Crippen LogP contribution in [0.5, 0.6) is 17.2 Å². The number of ether oxygens (including phenoxy) is 5. The van der Waals surface area contributed by atoms with Gasteiger partial charge >= 0.3 is 18.0 Å². The minimum Gasteiger partial charge on any atom is -0.456 e. The number of esters is 2. The first-order chi connectivity index (χ1) is 30.7. The molecule has 64 heavy (non-hydrogen) atoms. The molecule has 15 heteroatoms. The number of halogens is 1. The van der Waals surface area contributed by atoms with Crippen LogP contribution < -0.4 is 30.7 Å². The second-order valence-corrected chi connectivity index (χ2v) is 17.0. The lowest BCUT2D eigenvalue weighted by atomic mass is 9.77. The second kappa shape index (κ2) is 21.6. The predicted octanol–water partition coefficient (Wildman–Crippen LogP) is 8.56. The Labute approximate surface area is 379 Å². The quantitative estimate of drug-likeness (QED) is 0.0274. The molecule has 0 saturated heterocycles. The summed E-state index contributed by atoms with van der Waals surface area (Å²) in [7, 11) is 0. The highest BCUT2D eigenvalue weighted by Gasteiger charge is 2.53. The molecule has 0 aliphatic carbocycles. The van der Waals surface area contributed by atoms with E-state index in [1.54, 1.807) is 54.6 Å². The number of alkyl halides is 1. The third-order valence-electron chi connectivity index (χ3n) is 11.0. The molecule has 2 aliphatic heterocycles. The zero-order chi connectivity index (χ0) is 45.9. The molecule has 2 heterocycles. The summed E-state index contributed by atoms with van der Waals surface area (Å²) >= 11 is 5.69. The van der Waals surface area contributed by atoms with Crippen molar-refractivity contribution < 1.29 is 47.7 Å². The van der Waals surface area contributed by atoms with Crippen LogP contribution in [0.2, 0.25) is 0 Å². The van der Waals surface area contributed by atoms with Crippen LogP contribution in [-0.2, 0) is 39.6 Å². The van der Waals surface area contributed by atoms with Gasteiger partial charge in [0.05, 0.1) is 25.4 Å². The molecule has 0 bridgehead atoms. The van der Waals surface area contributed by atoms with E-state index in [1.807, 2.05) is 45.9 Å². The van der Waals surface area contributed by atoms with E-state index in [0.29, 0.717) is 89.7 Å². The molecule has 4 aromatic rings. The Balaban J connectivity index is 1.08. The van der Waals surface area contributed by atoms with Crippen LogP contribution in [0.4, 0.5) is 16.2 Å². The lowest BCUT2D eigenvalue weighted by Gasteiger charge is -2.37. The summed E-state index contributed by atoms with van der Waals surface area (Å²) in [5.74, 6) is 0.286. The molecule has 1 atom stereocenters. The van der Waals surface area contributed by atoms with Crippen LogP contribution in [0.1, 0.15) is 103 Å². The largest absolute Gasteiger partial charge is 0.456 e. The van der Waals surface area contributed by atoms with Crippen molar-refractivity contribution >= 4 is 52.8 Å². The van der Waals surface area contributed by atoms with Crippen molar-refractivity contribution in [1.29, 1.82) is 0 Å². The number of urea groups is 1. The molecule has 340 valence electrons. The van der Waals surface area contributed by atoms with Gasteiger partial charge in [0.15, 0.2) is 5.60 Å². The number of aryl methyl sites for hydroxylation is 2. The Morgan fingerprint density at radius 1 is 0.734 bits per heavy atom. The Kier molecular flexibility index (Phi) is 16.0. The number of anilines is 2. The van der Waals surface area contributed by atoms with Crippen molar-refractivity contribution in [1.82, 2.24) is 10.6 Å². The molecule has 1 unspecified atom stereocenters. The van der Waals surface area contributed by atoms with Crippen LogP contribution in [0.15, 0.2) is 72.8 Å². The number of hydrogen-bond donors (Lipinski definition) is 4. The number of fused-ring (bicyclic) bond motifs is 6. The molecule has 2 aliphatic rings. The SMILES string of the molecule is CC(=O)Oc1cc(C)cc(C)c1C(C)(C)CC(=O)Nc1ccc2c(c1)Oc1cc(NC(=O)NCCC(=O)NCCOCCOCCCCCCCl)ccc1C21OC(=O)c2ccccc21. The van der Waals surface area contributed by atoms with Crippen molar-refractivity contribution in [3.8, 4) is 17.2 Å². The van der Waals surface area contributed by atoms with Gasteiger partial charge in [-0.05, 0) is 74.2 Å². The summed E-state index contributed by atoms with van der Waals surface area (Å²) in [5, 5.41) is 11.3. The lowest BCUT2D eigenvalue weighted by Crippen LogP contribution is -2.35. The summed E-state index contributed by atoms with van der Waals surface area (Å²) in [6.45, 7) is 11.4. The molecule has 0 saturated carbocycles. The fourth-order valence-electron chi connectivity index (χ4n) is 8.35. The number of carbonyl (C=O) groups is 5. The fourth-order valence-corrected chi connectivity index (χ4v) is 8.54. The van der Waals surface area contributed by atoms with Gasteiger partial charge in [-0.2, -0.15) is 0 Å². The van der Waals surface area contributed by atoms with Gasteiger partial charge < -0.3 is 45.0 Å². The van der Waals surface area contributed by atoms with Crippen molar-refractivity contribution in [2.24, 2.45) is 0 Å². The monoisotopic (exact) mass is 896 g/mol. The second-order valence-electron chi connectivity index (χ2n) is 16.6. The first-order valence-corrected chi connectivity index (χ1v) is 22.2. The van der Waals surface area contributed by atoms with Crippen LogP contribution >= 0.6 is 11.6 Å². The van der Waals surface area contributed by atoms with E-state index in [2.05, 4.69) is 21.3 Å². The van der Waals surface area contributed by atoms with Crippen molar-refractivity contribution in [2.45, 2.75) is 84.2 Å². The number of hydrogen-bond acceptors (Lipinski definition) is 10. The summed E-state index contributed by atoms with van der Waals surface area (Å²) in [5.41, 5.74) is 3.43. The molecule has 14 nitrogen and oxygen atoms in total. The van der Waals surface area contributed by atoms with Gasteiger partial charge in [-0.1, -0.05) is 51.0 Å². The topological polar surface area (TPSA) is 180 Å². The third-order valence-corrected chi connectivity index (χ3v) is 11.2. The highest BCUT2D eigenvalue weighted by Crippen LogP contribution is 2.56. The van der Waals surface area contributed by atoms with E-state index in [-0.39, 0.29) is 31.2 Å². The van der Waals surface area contributed by atoms with Gasteiger partial charge in [0.1, 0.15) is 17.2 Å². The minimum absolute atomic E-state index is 0.0604. The van der Waals surface area contributed by atoms with E-state index in [9.17, 15) is 24.0 Å². The molecule has 6 rings (SSSR count). The van der Waals surface area contributed by atoms with Crippen LogP contribution in [0.25, 0.3) is 0 Å². The van der Waals surface area contributed by atoms with Crippen LogP contribution in [0.3, 0.4) is 0 Å². The normalized spacial score (nSPS) is 14.7. The number of amides is 4. The fraction of sp³-hybridized carbons (Fsp3) is 0.408. The van der Waals surface area contributed by atoms with Gasteiger partial charge in [-0.25, -0.2) is 9.59 Å². The van der Waals surface area contributed by atoms with Crippen molar-refractivity contribution in [2.75, 3.05) is 56.0 Å². The van der Waals surface area contributed by atoms with E-state index in [4.69, 9.17) is 35.3 Å². The number of carbonyl (C=O) groups excluding carboxylic acids is 5. The zero-order valence-electron chi connectivity index (χ0n) is 37.1. The highest BCUT2D eigenvalue weighted by molar-refractivity contribution is 6.17. The minimum atomic E-state index is -1.38. The number of rotatable bonds is 21. The average Bonchev–Trinajstić information content (AvgIpc) is 3.52. The van der Waals surface area contributed by atoms with Crippen LogP contribution in [-0.4, -0.2) is 75.2 Å². The number of unbranched alkanes of at least 4 members (excludes halogenated alkanes) is 3. The maximum absolute atomic E-state index is 13.7. The van der Waals surface area contributed by atoms with E-state index in [1.165, 1.54) is 6.92 Å². The van der Waals surface area contributed by atoms with Gasteiger partial charge in [0.25, 0.3) is 0 Å². The number of benzene rings is 4. The summed E-state index contributed by atoms with van der Waals surface area (Å²) in [6.07, 6.45) is 4.34. The van der Waals surface area contributed by atoms with Gasteiger partial charge in [-0.15, -0.1) is 11.6 Å². The molecule has 0 radical (unpaired) electrons. The standard InChI is InChI=1S/C49H57ClN4O10/c1-31-26-32(2)45(42(27-31)62-33(3)55)48(4,5)30-44(57)53-34-14-16-38-40(28-34)63-41-29-35(15-17-39(41)49(38)37-13-9-8-12-36(37)46(58)64-49)54-47(59)52-20-18-43(56)51-21-23-61-25-24-60-22-11-7-6-10-19-50/h8-9,12-17,26-29H,6-7,10-11,18-25,30H2,1-5H3,(H,51,56)(H,53,57)(H2,52,54,59). The predicted molar refractivity (Wildman–Crippen MR) is 244 cm³/mol. The summed E-state index contributed by atoms with van der Waals surface area (Å²) in [4.78, 5) is 64.4.